The van der Waals surface area contributed by atoms with Crippen LogP contribution in [0, 0.1) is 17.0 Å². The summed E-state index contributed by atoms with van der Waals surface area (Å²) in [6.07, 6.45) is 3.55. The lowest BCUT2D eigenvalue weighted by atomic mass is 10.1. The monoisotopic (exact) mass is 429 g/mol. The van der Waals surface area contributed by atoms with Crippen molar-refractivity contribution in [2.45, 2.75) is 26.6 Å². The molecule has 0 aliphatic heterocycles. The Morgan fingerprint density at radius 3 is 2.56 bits per heavy atom. The van der Waals surface area contributed by atoms with Crippen LogP contribution in [0.2, 0.25) is 0 Å². The summed E-state index contributed by atoms with van der Waals surface area (Å²) >= 11 is 0. The standard InChI is InChI=1S/C25H23N3O4/c1-19-9-11-20(12-10-19)16-26-13-3-7-23(26)17-27(18-24-8-4-14-32-24)25(29)21-5-2-6-22(15-21)28(30)31/h2-15H,16-18H2,1H3. The van der Waals surface area contributed by atoms with Crippen molar-refractivity contribution in [3.63, 3.8) is 0 Å². The number of aromatic nitrogens is 1. The molecule has 1 amide bonds. The first-order valence-electron chi connectivity index (χ1n) is 10.3. The maximum Gasteiger partial charge on any atom is 0.270 e. The fraction of sp³-hybridized carbons (Fsp3) is 0.160. The summed E-state index contributed by atoms with van der Waals surface area (Å²) in [5.41, 5.74) is 3.47. The third-order valence-electron chi connectivity index (χ3n) is 5.27. The third-order valence-corrected chi connectivity index (χ3v) is 5.27. The Balaban J connectivity index is 1.60. The second kappa shape index (κ2) is 9.34. The number of aryl methyl sites for hydroxylation is 1. The molecule has 0 atom stereocenters. The molecule has 0 radical (unpaired) electrons. The van der Waals surface area contributed by atoms with Gasteiger partial charge in [0.1, 0.15) is 5.76 Å². The van der Waals surface area contributed by atoms with Crippen molar-refractivity contribution in [2.75, 3.05) is 0 Å². The number of nitro groups is 1. The normalized spacial score (nSPS) is 10.8. The molecule has 0 spiro atoms. The molecule has 2 heterocycles. The van der Waals surface area contributed by atoms with E-state index in [9.17, 15) is 14.9 Å². The van der Waals surface area contributed by atoms with Gasteiger partial charge in [-0.1, -0.05) is 35.9 Å². The van der Waals surface area contributed by atoms with Crippen LogP contribution in [0.1, 0.15) is 32.9 Å². The predicted octanol–water partition coefficient (Wildman–Crippen LogP) is 5.19. The number of nitrogens with zero attached hydrogens (tertiary/aromatic N) is 3. The number of hydrogen-bond acceptors (Lipinski definition) is 4. The molecule has 0 fully saturated rings. The van der Waals surface area contributed by atoms with E-state index in [4.69, 9.17) is 4.42 Å². The lowest BCUT2D eigenvalue weighted by Crippen LogP contribution is -2.31. The summed E-state index contributed by atoms with van der Waals surface area (Å²) < 4.78 is 7.56. The highest BCUT2D eigenvalue weighted by Crippen LogP contribution is 2.19. The van der Waals surface area contributed by atoms with Gasteiger partial charge in [-0.15, -0.1) is 0 Å². The van der Waals surface area contributed by atoms with Crippen LogP contribution in [-0.2, 0) is 19.6 Å². The lowest BCUT2D eigenvalue weighted by Gasteiger charge is -2.23. The molecular formula is C25H23N3O4. The Bertz CT molecular complexity index is 1210. The van der Waals surface area contributed by atoms with Crippen LogP contribution in [0.15, 0.2) is 89.7 Å². The van der Waals surface area contributed by atoms with Crippen LogP contribution in [0.3, 0.4) is 0 Å². The molecular weight excluding hydrogens is 406 g/mol. The van der Waals surface area contributed by atoms with Crippen LogP contribution in [0.25, 0.3) is 0 Å². The Kier molecular flexibility index (Phi) is 6.17. The minimum atomic E-state index is -0.500. The van der Waals surface area contributed by atoms with E-state index >= 15 is 0 Å². The zero-order chi connectivity index (χ0) is 22.5. The van der Waals surface area contributed by atoms with Crippen LogP contribution < -0.4 is 0 Å². The summed E-state index contributed by atoms with van der Waals surface area (Å²) in [6, 6.07) is 21.6. The predicted molar refractivity (Wildman–Crippen MR) is 120 cm³/mol. The first-order chi connectivity index (χ1) is 15.5. The van der Waals surface area contributed by atoms with Gasteiger partial charge in [0, 0.05) is 36.1 Å². The highest BCUT2D eigenvalue weighted by molar-refractivity contribution is 5.94. The zero-order valence-corrected chi connectivity index (χ0v) is 17.7. The third kappa shape index (κ3) is 4.95. The van der Waals surface area contributed by atoms with Gasteiger partial charge in [0.25, 0.3) is 11.6 Å². The Morgan fingerprint density at radius 1 is 1.03 bits per heavy atom. The molecule has 4 rings (SSSR count). The SMILES string of the molecule is Cc1ccc(Cn2cccc2CN(Cc2ccco2)C(=O)c2cccc([N+](=O)[O-])c2)cc1. The van der Waals surface area contributed by atoms with Crippen LogP contribution in [0.4, 0.5) is 5.69 Å². The first kappa shape index (κ1) is 21.1. The van der Waals surface area contributed by atoms with E-state index in [-0.39, 0.29) is 23.7 Å². The number of furan rings is 1. The minimum Gasteiger partial charge on any atom is -0.467 e. The summed E-state index contributed by atoms with van der Waals surface area (Å²) in [6.45, 7) is 3.32. The quantitative estimate of drug-likeness (QED) is 0.285. The van der Waals surface area contributed by atoms with E-state index in [1.807, 2.05) is 18.3 Å². The van der Waals surface area contributed by atoms with Gasteiger partial charge >= 0.3 is 0 Å². The van der Waals surface area contributed by atoms with Gasteiger partial charge in [0.15, 0.2) is 0 Å². The van der Waals surface area contributed by atoms with Gasteiger partial charge in [0.2, 0.25) is 0 Å². The van der Waals surface area contributed by atoms with Crippen molar-refractivity contribution in [2.24, 2.45) is 0 Å². The van der Waals surface area contributed by atoms with Crippen molar-refractivity contribution in [3.8, 4) is 0 Å². The number of benzene rings is 2. The zero-order valence-electron chi connectivity index (χ0n) is 17.7. The molecule has 2 aromatic carbocycles. The molecule has 0 unspecified atom stereocenters. The van der Waals surface area contributed by atoms with Crippen molar-refractivity contribution < 1.29 is 14.1 Å². The lowest BCUT2D eigenvalue weighted by molar-refractivity contribution is -0.384. The Labute approximate surface area is 185 Å². The number of carbonyl (C=O) groups excluding carboxylic acids is 1. The van der Waals surface area contributed by atoms with Crippen molar-refractivity contribution in [3.05, 3.63) is 124 Å². The maximum absolute atomic E-state index is 13.3. The van der Waals surface area contributed by atoms with E-state index in [0.29, 0.717) is 18.8 Å². The Hall–Kier alpha value is -4.13. The van der Waals surface area contributed by atoms with Gasteiger partial charge in [-0.3, -0.25) is 14.9 Å². The van der Waals surface area contributed by atoms with E-state index < -0.39 is 4.92 Å². The number of nitro benzene ring substituents is 1. The highest BCUT2D eigenvalue weighted by Gasteiger charge is 2.21. The van der Waals surface area contributed by atoms with Gasteiger partial charge < -0.3 is 13.9 Å². The van der Waals surface area contributed by atoms with Gasteiger partial charge in [-0.05, 0) is 42.8 Å². The second-order valence-corrected chi connectivity index (χ2v) is 7.66. The average molecular weight is 429 g/mol. The second-order valence-electron chi connectivity index (χ2n) is 7.66. The molecule has 0 N–H and O–H groups in total. The summed E-state index contributed by atoms with van der Waals surface area (Å²) in [4.78, 5) is 25.6. The van der Waals surface area contributed by atoms with E-state index in [1.165, 1.54) is 23.8 Å². The van der Waals surface area contributed by atoms with Gasteiger partial charge in [-0.25, -0.2) is 0 Å². The summed E-state index contributed by atoms with van der Waals surface area (Å²) in [7, 11) is 0. The molecule has 7 nitrogen and oxygen atoms in total. The van der Waals surface area contributed by atoms with Crippen molar-refractivity contribution in [1.82, 2.24) is 9.47 Å². The number of carbonyl (C=O) groups is 1. The topological polar surface area (TPSA) is 81.5 Å². The molecule has 0 saturated heterocycles. The molecule has 2 aromatic heterocycles. The molecule has 4 aromatic rings. The van der Waals surface area contributed by atoms with E-state index in [0.717, 1.165) is 11.3 Å². The molecule has 162 valence electrons. The van der Waals surface area contributed by atoms with Crippen molar-refractivity contribution >= 4 is 11.6 Å². The molecule has 0 saturated carbocycles. The average Bonchev–Trinajstić information content (AvgIpc) is 3.47. The Morgan fingerprint density at radius 2 is 1.84 bits per heavy atom. The molecule has 0 bridgehead atoms. The first-order valence-corrected chi connectivity index (χ1v) is 10.3. The maximum atomic E-state index is 13.3. The molecule has 0 aliphatic carbocycles. The fourth-order valence-corrected chi connectivity index (χ4v) is 3.56. The van der Waals surface area contributed by atoms with Crippen molar-refractivity contribution in [1.29, 1.82) is 0 Å². The highest BCUT2D eigenvalue weighted by atomic mass is 16.6. The van der Waals surface area contributed by atoms with E-state index in [2.05, 4.69) is 35.8 Å². The van der Waals surface area contributed by atoms with Crippen LogP contribution >= 0.6 is 0 Å². The van der Waals surface area contributed by atoms with Gasteiger partial charge in [0.05, 0.1) is 24.3 Å². The molecule has 7 heteroatoms. The van der Waals surface area contributed by atoms with Crippen LogP contribution in [-0.4, -0.2) is 20.3 Å². The summed E-state index contributed by atoms with van der Waals surface area (Å²) in [5.74, 6) is 0.341. The van der Waals surface area contributed by atoms with Gasteiger partial charge in [-0.2, -0.15) is 0 Å². The minimum absolute atomic E-state index is 0.114. The van der Waals surface area contributed by atoms with E-state index in [1.54, 1.807) is 29.4 Å². The number of non-ortho nitro benzene ring substituents is 1. The largest absolute Gasteiger partial charge is 0.467 e. The molecule has 0 aliphatic rings. The number of hydrogen-bond donors (Lipinski definition) is 0. The smallest absolute Gasteiger partial charge is 0.270 e. The molecule has 32 heavy (non-hydrogen) atoms. The fourth-order valence-electron chi connectivity index (χ4n) is 3.56. The van der Waals surface area contributed by atoms with Crippen LogP contribution in [0.5, 0.6) is 0 Å². The summed E-state index contributed by atoms with van der Waals surface area (Å²) in [5, 5.41) is 11.2. The number of amides is 1. The number of rotatable bonds is 8.